The van der Waals surface area contributed by atoms with E-state index >= 15 is 0 Å². The van der Waals surface area contributed by atoms with E-state index in [1.54, 1.807) is 31.5 Å². The van der Waals surface area contributed by atoms with E-state index in [0.717, 1.165) is 0 Å². The van der Waals surface area contributed by atoms with E-state index in [1.165, 1.54) is 57.0 Å². The molecule has 1 heterocycles. The second-order valence-electron chi connectivity index (χ2n) is 11.1. The number of amides is 2. The minimum atomic E-state index is -4.54. The van der Waals surface area contributed by atoms with Gasteiger partial charge in [0.2, 0.25) is 5.91 Å². The molecule has 1 fully saturated rings. The minimum absolute atomic E-state index is 0.0709. The number of aliphatic hydroxyl groups excluding tert-OH is 1. The highest BCUT2D eigenvalue weighted by atomic mass is 33.1. The summed E-state index contributed by atoms with van der Waals surface area (Å²) in [7, 11) is 2.85. The first kappa shape index (κ1) is 46.0. The Labute approximate surface area is 316 Å². The molecule has 287 valence electrons. The number of rotatable bonds is 25. The van der Waals surface area contributed by atoms with Crippen molar-refractivity contribution in [3.05, 3.63) is 29.8 Å². The number of ether oxygens (including phenoxy) is 6. The molecule has 51 heavy (non-hydrogen) atoms. The van der Waals surface area contributed by atoms with E-state index < -0.39 is 36.6 Å². The number of hydrogen-bond acceptors (Lipinski definition) is 15. The van der Waals surface area contributed by atoms with Crippen LogP contribution in [0.15, 0.2) is 24.3 Å². The van der Waals surface area contributed by atoms with Crippen molar-refractivity contribution >= 4 is 69.9 Å². The summed E-state index contributed by atoms with van der Waals surface area (Å²) in [5.41, 5.74) is 5.07. The minimum Gasteiger partial charge on any atom is -0.490 e. The van der Waals surface area contributed by atoms with Crippen LogP contribution in [0.25, 0.3) is 0 Å². The number of benzene rings is 1. The van der Waals surface area contributed by atoms with Crippen molar-refractivity contribution in [3.63, 3.8) is 0 Å². The molecule has 0 aliphatic carbocycles. The normalized spacial score (nSPS) is 18.7. The highest BCUT2D eigenvalue weighted by Crippen LogP contribution is 2.51. The van der Waals surface area contributed by atoms with Crippen LogP contribution in [0, 0.1) is 11.7 Å². The molecule has 7 N–H and O–H groups in total. The van der Waals surface area contributed by atoms with Gasteiger partial charge in [-0.05, 0) is 51.0 Å². The first-order chi connectivity index (χ1) is 24.3. The molecule has 15 nitrogen and oxygen atoms in total. The quantitative estimate of drug-likeness (QED) is 0.0207. The molecule has 0 aromatic heterocycles. The Morgan fingerprint density at radius 3 is 2.61 bits per heavy atom. The van der Waals surface area contributed by atoms with Crippen LogP contribution < -0.4 is 21.1 Å². The SMILES string of the molecule is CSSC(COc1cccc(C(=O)NCCN)c1)OCCOCC(=O)NCC#C[B][C@H]1C[C@@H](O[C@@H](CO)SSC)C(COC(C)(C)P(=O)(O)O)O1. The molecule has 0 bridgehead atoms. The van der Waals surface area contributed by atoms with Crippen LogP contribution in [0.1, 0.15) is 30.6 Å². The summed E-state index contributed by atoms with van der Waals surface area (Å²) in [5, 5.41) is 13.3. The van der Waals surface area contributed by atoms with Crippen LogP contribution >= 0.6 is 50.8 Å². The number of aliphatic hydroxyl groups is 1. The molecule has 1 aliphatic heterocycles. The molecule has 1 aromatic carbocycles. The number of hydrogen-bond donors (Lipinski definition) is 6. The molecule has 21 heteroatoms. The maximum absolute atomic E-state index is 12.2. The van der Waals surface area contributed by atoms with Gasteiger partial charge in [-0.2, -0.15) is 5.82 Å². The van der Waals surface area contributed by atoms with Gasteiger partial charge in [-0.3, -0.25) is 14.2 Å². The van der Waals surface area contributed by atoms with Crippen molar-refractivity contribution in [2.75, 3.05) is 71.8 Å². The Hall–Kier alpha value is -1.15. The Morgan fingerprint density at radius 2 is 1.92 bits per heavy atom. The smallest absolute Gasteiger partial charge is 0.356 e. The van der Waals surface area contributed by atoms with Gasteiger partial charge in [-0.15, -0.1) is 0 Å². The van der Waals surface area contributed by atoms with Gasteiger partial charge in [-0.1, -0.05) is 55.2 Å². The van der Waals surface area contributed by atoms with Crippen LogP contribution in [0.2, 0.25) is 0 Å². The molecule has 2 unspecified atom stereocenters. The second-order valence-corrected chi connectivity index (χ2v) is 18.5. The van der Waals surface area contributed by atoms with Gasteiger partial charge in [0.1, 0.15) is 35.9 Å². The van der Waals surface area contributed by atoms with E-state index in [0.29, 0.717) is 30.8 Å². The Kier molecular flexibility index (Phi) is 22.6. The fraction of sp³-hybridized carbons (Fsp3) is 0.667. The van der Waals surface area contributed by atoms with Crippen molar-refractivity contribution in [3.8, 4) is 17.5 Å². The molecule has 1 aliphatic rings. The largest absolute Gasteiger partial charge is 0.490 e. The zero-order valence-corrected chi connectivity index (χ0v) is 33.2. The lowest BCUT2D eigenvalue weighted by molar-refractivity contribution is -0.126. The lowest BCUT2D eigenvalue weighted by Gasteiger charge is -2.29. The number of nitrogens with two attached hydrogens (primary N) is 1. The summed E-state index contributed by atoms with van der Waals surface area (Å²) >= 11 is 0. The molecule has 5 atom stereocenters. The number of carbonyl (C=O) groups is 2. The van der Waals surface area contributed by atoms with E-state index in [9.17, 15) is 29.0 Å². The van der Waals surface area contributed by atoms with Gasteiger partial charge in [0, 0.05) is 24.7 Å². The zero-order chi connectivity index (χ0) is 37.7. The molecular weight excluding hydrogens is 764 g/mol. The third-order valence-electron chi connectivity index (χ3n) is 6.84. The lowest BCUT2D eigenvalue weighted by Crippen LogP contribution is -2.36. The third-order valence-corrected chi connectivity index (χ3v) is 12.2. The topological polar surface area (TPSA) is 217 Å². The van der Waals surface area contributed by atoms with Gasteiger partial charge in [0.05, 0.1) is 39.1 Å². The summed E-state index contributed by atoms with van der Waals surface area (Å²) in [6.07, 6.45) is 2.99. The van der Waals surface area contributed by atoms with Gasteiger partial charge in [-0.25, -0.2) is 0 Å². The highest BCUT2D eigenvalue weighted by Gasteiger charge is 2.43. The molecule has 0 spiro atoms. The molecule has 2 rings (SSSR count). The average Bonchev–Trinajstić information content (AvgIpc) is 3.48. The second kappa shape index (κ2) is 25.0. The lowest BCUT2D eigenvalue weighted by atomic mass is 9.71. The fourth-order valence-electron chi connectivity index (χ4n) is 4.10. The Balaban J connectivity index is 1.71. The molecule has 1 aromatic rings. The Morgan fingerprint density at radius 1 is 1.18 bits per heavy atom. The summed E-state index contributed by atoms with van der Waals surface area (Å²) in [6.45, 7) is 3.51. The van der Waals surface area contributed by atoms with E-state index in [1.807, 2.05) is 12.5 Å². The van der Waals surface area contributed by atoms with Gasteiger partial charge >= 0.3 is 7.60 Å². The van der Waals surface area contributed by atoms with Crippen LogP contribution in [0.5, 0.6) is 5.75 Å². The first-order valence-electron chi connectivity index (χ1n) is 15.8. The highest BCUT2D eigenvalue weighted by molar-refractivity contribution is 8.76. The predicted octanol–water partition coefficient (Wildman–Crippen LogP) is 1.67. The van der Waals surface area contributed by atoms with Crippen molar-refractivity contribution < 1.29 is 57.5 Å². The van der Waals surface area contributed by atoms with Crippen molar-refractivity contribution in [2.24, 2.45) is 5.73 Å². The van der Waals surface area contributed by atoms with E-state index in [-0.39, 0.29) is 63.4 Å². The standard InChI is InChI=1S/C30H48BN3O12PS4/c1-30(2,47(38,39)40)44-18-24-23(46-27(17-35)50-48-3)16-25(45-24)31-9-6-11-33-26(36)19-41-13-14-42-28(51-49-4)20-43-22-8-5-7-21(15-22)29(37)34-12-10-32/h5,7-8,15,23-25,27-28,35H,10-14,16-20,32H2,1-4H3,(H,33,36)(H,34,37)(H2,38,39,40)/t23-,24?,25-,27-,28?/m1/s1. The average molecular weight is 813 g/mol. The number of nitrogens with one attached hydrogen (secondary N) is 2. The first-order valence-corrected chi connectivity index (χ1v) is 22.7. The molecule has 0 saturated carbocycles. The summed E-state index contributed by atoms with van der Waals surface area (Å²) in [6, 6.07) is 6.37. The predicted molar refractivity (Wildman–Crippen MR) is 204 cm³/mol. The van der Waals surface area contributed by atoms with Crippen LogP contribution in [0.3, 0.4) is 0 Å². The van der Waals surface area contributed by atoms with Crippen molar-refractivity contribution in [2.45, 2.75) is 54.7 Å². The zero-order valence-electron chi connectivity index (χ0n) is 29.0. The summed E-state index contributed by atoms with van der Waals surface area (Å²) in [4.78, 5) is 43.5. The maximum Gasteiger partial charge on any atom is 0.356 e. The molecule has 1 radical (unpaired) electrons. The van der Waals surface area contributed by atoms with Crippen LogP contribution in [-0.4, -0.2) is 140 Å². The molecular formula is C30H48BN3O12PS4. The van der Waals surface area contributed by atoms with Crippen LogP contribution in [-0.2, 0) is 33.0 Å². The van der Waals surface area contributed by atoms with Gasteiger partial charge in [0.15, 0.2) is 5.34 Å². The maximum atomic E-state index is 12.2. The van der Waals surface area contributed by atoms with E-state index in [2.05, 4.69) is 22.4 Å². The van der Waals surface area contributed by atoms with E-state index in [4.69, 9.17) is 34.2 Å². The molecule has 2 amide bonds. The third kappa shape index (κ3) is 18.2. The monoisotopic (exact) mass is 812 g/mol. The number of carbonyl (C=O) groups excluding carboxylic acids is 2. The Bertz CT molecular complexity index is 1310. The summed E-state index contributed by atoms with van der Waals surface area (Å²) < 4.78 is 46.4. The van der Waals surface area contributed by atoms with Gasteiger partial charge in [0.25, 0.3) is 13.2 Å². The fourth-order valence-corrected chi connectivity index (χ4v) is 7.24. The molecule has 1 saturated heterocycles. The van der Waals surface area contributed by atoms with Crippen molar-refractivity contribution in [1.29, 1.82) is 0 Å². The van der Waals surface area contributed by atoms with Crippen molar-refractivity contribution in [1.82, 2.24) is 10.6 Å². The van der Waals surface area contributed by atoms with Crippen LogP contribution in [0.4, 0.5) is 0 Å². The summed E-state index contributed by atoms with van der Waals surface area (Å²) in [5.74, 6) is 5.64. The van der Waals surface area contributed by atoms with Gasteiger partial charge < -0.3 is 59.7 Å².